The third-order valence-electron chi connectivity index (χ3n) is 4.16. The number of nitrogens with zero attached hydrogens (tertiary/aromatic N) is 4. The fourth-order valence-electron chi connectivity index (χ4n) is 2.88. The Labute approximate surface area is 148 Å². The number of aryl methyl sites for hydroxylation is 1. The van der Waals surface area contributed by atoms with Crippen molar-refractivity contribution in [2.24, 2.45) is 7.05 Å². The topological polar surface area (TPSA) is 84.1 Å². The third kappa shape index (κ3) is 2.85. The molecule has 0 spiro atoms. The number of fused-ring (bicyclic) bond motifs is 1. The molecule has 0 atom stereocenters. The Morgan fingerprint density at radius 3 is 2.58 bits per heavy atom. The molecule has 0 bridgehead atoms. The van der Waals surface area contributed by atoms with E-state index in [1.165, 1.54) is 12.1 Å². The van der Waals surface area contributed by atoms with Crippen molar-refractivity contribution >= 4 is 23.6 Å². The molecule has 8 heteroatoms. The van der Waals surface area contributed by atoms with E-state index in [1.54, 1.807) is 41.3 Å². The predicted octanol–water partition coefficient (Wildman–Crippen LogP) is 1.52. The second kappa shape index (κ2) is 6.32. The number of halogens is 1. The van der Waals surface area contributed by atoms with Crippen molar-refractivity contribution in [1.82, 2.24) is 19.7 Å². The zero-order valence-corrected chi connectivity index (χ0v) is 13.8. The Kier molecular flexibility index (Phi) is 3.98. The molecule has 0 saturated heterocycles. The molecule has 6 nitrogen and oxygen atoms in total. The van der Waals surface area contributed by atoms with E-state index in [-0.39, 0.29) is 11.0 Å². The van der Waals surface area contributed by atoms with Crippen molar-refractivity contribution in [1.29, 1.82) is 0 Å². The van der Waals surface area contributed by atoms with Gasteiger partial charge in [-0.2, -0.15) is 5.10 Å². The van der Waals surface area contributed by atoms with Crippen LogP contribution in [-0.2, 0) is 7.05 Å². The van der Waals surface area contributed by atoms with Crippen molar-refractivity contribution in [3.8, 4) is 22.4 Å². The van der Waals surface area contributed by atoms with Crippen LogP contribution >= 0.6 is 0 Å². The molecule has 0 aliphatic carbocycles. The van der Waals surface area contributed by atoms with Gasteiger partial charge in [0.05, 0.1) is 11.9 Å². The first kappa shape index (κ1) is 16.4. The van der Waals surface area contributed by atoms with Crippen LogP contribution < -0.4 is 5.46 Å². The van der Waals surface area contributed by atoms with Crippen LogP contribution in [0.4, 0.5) is 4.39 Å². The molecule has 0 radical (unpaired) electrons. The Morgan fingerprint density at radius 1 is 1.08 bits per heavy atom. The molecule has 0 unspecified atom stereocenters. The van der Waals surface area contributed by atoms with Crippen LogP contribution in [0.15, 0.2) is 55.0 Å². The Hall–Kier alpha value is -3.10. The van der Waals surface area contributed by atoms with Gasteiger partial charge in [-0.3, -0.25) is 4.68 Å². The maximum absolute atomic E-state index is 14.1. The molecular weight excluding hydrogens is 334 g/mol. The predicted molar refractivity (Wildman–Crippen MR) is 97.0 cm³/mol. The van der Waals surface area contributed by atoms with Crippen LogP contribution in [0, 0.1) is 5.82 Å². The summed E-state index contributed by atoms with van der Waals surface area (Å²) in [6, 6.07) is 9.43. The van der Waals surface area contributed by atoms with Gasteiger partial charge in [-0.25, -0.2) is 14.4 Å². The maximum Gasteiger partial charge on any atom is 0.489 e. The highest BCUT2D eigenvalue weighted by Gasteiger charge is 2.20. The highest BCUT2D eigenvalue weighted by atomic mass is 19.1. The minimum atomic E-state index is -1.74. The largest absolute Gasteiger partial charge is 0.489 e. The summed E-state index contributed by atoms with van der Waals surface area (Å²) in [5.74, 6) is -0.440. The molecule has 128 valence electrons. The first-order chi connectivity index (χ1) is 12.5. The van der Waals surface area contributed by atoms with Gasteiger partial charge in [-0.05, 0) is 29.7 Å². The number of hydrogen-bond acceptors (Lipinski definition) is 5. The molecule has 0 amide bonds. The van der Waals surface area contributed by atoms with Gasteiger partial charge in [0, 0.05) is 41.5 Å². The molecule has 0 aliphatic rings. The molecule has 4 rings (SSSR count). The summed E-state index contributed by atoms with van der Waals surface area (Å²) in [6.45, 7) is 0. The number of pyridine rings is 2. The van der Waals surface area contributed by atoms with Crippen molar-refractivity contribution in [3.63, 3.8) is 0 Å². The Balaban J connectivity index is 1.93. The minimum Gasteiger partial charge on any atom is -0.423 e. The number of aromatic nitrogens is 4. The van der Waals surface area contributed by atoms with E-state index in [4.69, 9.17) is 0 Å². The fourth-order valence-corrected chi connectivity index (χ4v) is 2.88. The van der Waals surface area contributed by atoms with Gasteiger partial charge >= 0.3 is 7.12 Å². The quantitative estimate of drug-likeness (QED) is 0.549. The summed E-state index contributed by atoms with van der Waals surface area (Å²) >= 11 is 0. The number of benzene rings is 1. The van der Waals surface area contributed by atoms with Gasteiger partial charge in [0.25, 0.3) is 0 Å². The standard InChI is InChI=1S/C18H14BFN4O2/c1-24-10-12(9-22-24)11-6-14-15(19(25)26)7-17(23-18(14)21-8-11)13-4-2-3-5-16(13)20/h2-10,25-26H,1H3. The van der Waals surface area contributed by atoms with Crippen LogP contribution in [0.5, 0.6) is 0 Å². The van der Waals surface area contributed by atoms with E-state index < -0.39 is 12.9 Å². The molecule has 0 aliphatic heterocycles. The molecule has 4 aromatic rings. The zero-order valence-electron chi connectivity index (χ0n) is 13.8. The average molecular weight is 348 g/mol. The summed E-state index contributed by atoms with van der Waals surface area (Å²) in [5.41, 5.74) is 2.70. The molecule has 3 heterocycles. The van der Waals surface area contributed by atoms with E-state index in [1.807, 2.05) is 13.2 Å². The van der Waals surface area contributed by atoms with E-state index in [0.717, 1.165) is 11.1 Å². The summed E-state index contributed by atoms with van der Waals surface area (Å²) < 4.78 is 15.8. The second-order valence-corrected chi connectivity index (χ2v) is 5.95. The summed E-state index contributed by atoms with van der Waals surface area (Å²) in [6.07, 6.45) is 5.16. The SMILES string of the molecule is Cn1cc(-c2cnc3nc(-c4ccccc4F)cc(B(O)O)c3c2)cn1. The highest BCUT2D eigenvalue weighted by Crippen LogP contribution is 2.25. The zero-order chi connectivity index (χ0) is 18.3. The van der Waals surface area contributed by atoms with Crippen molar-refractivity contribution in [3.05, 3.63) is 60.8 Å². The maximum atomic E-state index is 14.1. The summed E-state index contributed by atoms with van der Waals surface area (Å²) in [5, 5.41) is 24.2. The van der Waals surface area contributed by atoms with Gasteiger partial charge in [-0.15, -0.1) is 0 Å². The number of hydrogen-bond donors (Lipinski definition) is 2. The average Bonchev–Trinajstić information content (AvgIpc) is 3.07. The van der Waals surface area contributed by atoms with E-state index in [2.05, 4.69) is 15.1 Å². The normalized spacial score (nSPS) is 11.1. The van der Waals surface area contributed by atoms with Crippen LogP contribution in [0.2, 0.25) is 0 Å². The van der Waals surface area contributed by atoms with Crippen LogP contribution in [-0.4, -0.2) is 36.9 Å². The highest BCUT2D eigenvalue weighted by molar-refractivity contribution is 6.62. The van der Waals surface area contributed by atoms with Crippen molar-refractivity contribution in [2.45, 2.75) is 0 Å². The summed E-state index contributed by atoms with van der Waals surface area (Å²) in [4.78, 5) is 8.73. The molecular formula is C18H14BFN4O2. The monoisotopic (exact) mass is 348 g/mol. The van der Waals surface area contributed by atoms with Gasteiger partial charge < -0.3 is 10.0 Å². The first-order valence-corrected chi connectivity index (χ1v) is 7.93. The lowest BCUT2D eigenvalue weighted by molar-refractivity contribution is 0.426. The van der Waals surface area contributed by atoms with Crippen molar-refractivity contribution in [2.75, 3.05) is 0 Å². The third-order valence-corrected chi connectivity index (χ3v) is 4.16. The van der Waals surface area contributed by atoms with Crippen molar-refractivity contribution < 1.29 is 14.4 Å². The smallest absolute Gasteiger partial charge is 0.423 e. The van der Waals surface area contributed by atoms with E-state index >= 15 is 0 Å². The van der Waals surface area contributed by atoms with Crippen LogP contribution in [0.3, 0.4) is 0 Å². The van der Waals surface area contributed by atoms with E-state index in [9.17, 15) is 14.4 Å². The van der Waals surface area contributed by atoms with E-state index in [0.29, 0.717) is 16.7 Å². The van der Waals surface area contributed by atoms with Crippen LogP contribution in [0.25, 0.3) is 33.4 Å². The lowest BCUT2D eigenvalue weighted by Gasteiger charge is -2.10. The molecule has 0 fully saturated rings. The first-order valence-electron chi connectivity index (χ1n) is 7.93. The van der Waals surface area contributed by atoms with Gasteiger partial charge in [0.2, 0.25) is 0 Å². The van der Waals surface area contributed by atoms with Gasteiger partial charge in [0.15, 0.2) is 5.65 Å². The lowest BCUT2D eigenvalue weighted by Crippen LogP contribution is -2.31. The fraction of sp³-hybridized carbons (Fsp3) is 0.0556. The minimum absolute atomic E-state index is 0.214. The van der Waals surface area contributed by atoms with Crippen LogP contribution in [0.1, 0.15) is 0 Å². The Morgan fingerprint density at radius 2 is 1.88 bits per heavy atom. The Bertz CT molecular complexity index is 1110. The van der Waals surface area contributed by atoms with Gasteiger partial charge in [-0.1, -0.05) is 12.1 Å². The molecule has 0 saturated carbocycles. The number of rotatable bonds is 3. The molecule has 26 heavy (non-hydrogen) atoms. The van der Waals surface area contributed by atoms with Gasteiger partial charge in [0.1, 0.15) is 5.82 Å². The summed E-state index contributed by atoms with van der Waals surface area (Å²) in [7, 11) is 0.0697. The second-order valence-electron chi connectivity index (χ2n) is 5.95. The molecule has 3 aromatic heterocycles. The lowest BCUT2D eigenvalue weighted by atomic mass is 9.77. The molecule has 2 N–H and O–H groups in total. The molecule has 1 aromatic carbocycles.